The highest BCUT2D eigenvalue weighted by molar-refractivity contribution is 5.67. The van der Waals surface area contributed by atoms with Gasteiger partial charge in [-0.15, -0.1) is 5.10 Å². The summed E-state index contributed by atoms with van der Waals surface area (Å²) in [6.07, 6.45) is 3.91. The molecule has 5 rings (SSSR count). The molecule has 0 fully saturated rings. The van der Waals surface area contributed by atoms with E-state index in [4.69, 9.17) is 19.2 Å². The Morgan fingerprint density at radius 1 is 0.824 bits per heavy atom. The van der Waals surface area contributed by atoms with Crippen molar-refractivity contribution in [1.29, 1.82) is 0 Å². The number of rotatable bonds is 9. The maximum absolute atomic E-state index is 6.06. The van der Waals surface area contributed by atoms with Crippen LogP contribution in [0.3, 0.4) is 0 Å². The Bertz CT molecular complexity index is 1370. The highest BCUT2D eigenvalue weighted by Crippen LogP contribution is 2.27. The van der Waals surface area contributed by atoms with Crippen molar-refractivity contribution in [3.8, 4) is 22.8 Å². The van der Waals surface area contributed by atoms with E-state index in [1.807, 2.05) is 79.1 Å². The van der Waals surface area contributed by atoms with Crippen LogP contribution in [0, 0.1) is 0 Å². The zero-order chi connectivity index (χ0) is 23.3. The molecule has 0 saturated carbocycles. The van der Waals surface area contributed by atoms with Gasteiger partial charge in [-0.2, -0.15) is 0 Å². The number of imidazole rings is 1. The van der Waals surface area contributed by atoms with Crippen LogP contribution in [-0.4, -0.2) is 38.6 Å². The fraction of sp³-hybridized carbons (Fsp3) is 0.192. The lowest BCUT2D eigenvalue weighted by atomic mass is 10.1. The molecular weight excluding hydrogens is 430 g/mol. The quantitative estimate of drug-likeness (QED) is 0.328. The maximum atomic E-state index is 6.06. The molecular formula is C26H25N5O3. The van der Waals surface area contributed by atoms with Crippen LogP contribution in [0.5, 0.6) is 11.5 Å². The first-order chi connectivity index (χ1) is 16.7. The van der Waals surface area contributed by atoms with E-state index in [0.29, 0.717) is 19.8 Å². The second-order valence-corrected chi connectivity index (χ2v) is 7.81. The summed E-state index contributed by atoms with van der Waals surface area (Å²) in [7, 11) is 3.32. The summed E-state index contributed by atoms with van der Waals surface area (Å²) in [6.45, 7) is 1.37. The normalized spacial score (nSPS) is 11.1. The van der Waals surface area contributed by atoms with E-state index < -0.39 is 0 Å². The van der Waals surface area contributed by atoms with Gasteiger partial charge in [0.25, 0.3) is 0 Å². The predicted octanol–water partition coefficient (Wildman–Crippen LogP) is 4.38. The Labute approximate surface area is 197 Å². The summed E-state index contributed by atoms with van der Waals surface area (Å²) in [5, 5.41) is 8.48. The number of methoxy groups -OCH3 is 2. The first-order valence-electron chi connectivity index (χ1n) is 10.9. The molecule has 0 radical (unpaired) electrons. The molecule has 0 aliphatic rings. The molecule has 0 bridgehead atoms. The molecule has 5 aromatic rings. The number of hydrogen-bond acceptors (Lipinski definition) is 6. The van der Waals surface area contributed by atoms with Gasteiger partial charge in [0.2, 0.25) is 0 Å². The largest absolute Gasteiger partial charge is 0.497 e. The third-order valence-electron chi connectivity index (χ3n) is 5.57. The third kappa shape index (κ3) is 4.62. The van der Waals surface area contributed by atoms with Crippen molar-refractivity contribution in [3.63, 3.8) is 0 Å². The van der Waals surface area contributed by atoms with Crippen molar-refractivity contribution < 1.29 is 14.2 Å². The topological polar surface area (TPSA) is 75.7 Å². The standard InChI is InChI=1S/C26H25N5O3/c1-32-22-10-6-19(7-11-22)15-30-16-21(28-29-30)17-34-18-24-26(20-8-12-23(33-2)13-9-20)27-25-5-3-4-14-31(24)25/h3-14,16H,15,17-18H2,1-2H3. The van der Waals surface area contributed by atoms with Crippen molar-refractivity contribution in [2.75, 3.05) is 14.2 Å². The van der Waals surface area contributed by atoms with Crippen LogP contribution in [0.15, 0.2) is 79.1 Å². The summed E-state index contributed by atoms with van der Waals surface area (Å²) in [6, 6.07) is 21.7. The van der Waals surface area contributed by atoms with Crippen LogP contribution in [-0.2, 0) is 24.5 Å². The number of nitrogens with zero attached hydrogens (tertiary/aromatic N) is 5. The number of hydrogen-bond donors (Lipinski definition) is 0. The van der Waals surface area contributed by atoms with Crippen LogP contribution >= 0.6 is 0 Å². The maximum Gasteiger partial charge on any atom is 0.137 e. The summed E-state index contributed by atoms with van der Waals surface area (Å²) < 4.78 is 20.4. The summed E-state index contributed by atoms with van der Waals surface area (Å²) in [5.74, 6) is 1.64. The number of aromatic nitrogens is 5. The number of fused-ring (bicyclic) bond motifs is 1. The molecule has 8 nitrogen and oxygen atoms in total. The smallest absolute Gasteiger partial charge is 0.137 e. The molecule has 3 heterocycles. The van der Waals surface area contributed by atoms with Gasteiger partial charge in [0.1, 0.15) is 22.8 Å². The molecule has 0 amide bonds. The highest BCUT2D eigenvalue weighted by Gasteiger charge is 2.14. The minimum atomic E-state index is 0.352. The van der Waals surface area contributed by atoms with E-state index in [1.165, 1.54) is 0 Å². The Balaban J connectivity index is 1.29. The van der Waals surface area contributed by atoms with Gasteiger partial charge in [0, 0.05) is 11.8 Å². The van der Waals surface area contributed by atoms with Crippen LogP contribution < -0.4 is 9.47 Å². The molecule has 0 unspecified atom stereocenters. The summed E-state index contributed by atoms with van der Waals surface area (Å²) in [5.41, 5.74) is 5.63. The van der Waals surface area contributed by atoms with Crippen molar-refractivity contribution in [3.05, 3.63) is 96.1 Å². The second-order valence-electron chi connectivity index (χ2n) is 7.81. The van der Waals surface area contributed by atoms with Crippen LogP contribution in [0.1, 0.15) is 17.0 Å². The Morgan fingerprint density at radius 2 is 1.56 bits per heavy atom. The fourth-order valence-electron chi connectivity index (χ4n) is 3.82. The lowest BCUT2D eigenvalue weighted by molar-refractivity contribution is 0.102. The first kappa shape index (κ1) is 21.7. The van der Waals surface area contributed by atoms with E-state index in [2.05, 4.69) is 14.7 Å². The molecule has 0 saturated heterocycles. The zero-order valence-electron chi connectivity index (χ0n) is 19.1. The molecule has 0 spiro atoms. The summed E-state index contributed by atoms with van der Waals surface area (Å²) in [4.78, 5) is 4.83. The van der Waals surface area contributed by atoms with Crippen molar-refractivity contribution >= 4 is 5.65 Å². The van der Waals surface area contributed by atoms with E-state index >= 15 is 0 Å². The molecule has 34 heavy (non-hydrogen) atoms. The van der Waals surface area contributed by atoms with Gasteiger partial charge in [-0.05, 0) is 54.1 Å². The SMILES string of the molecule is COc1ccc(Cn2cc(COCc3c(-c4ccc(OC)cc4)nc4ccccn34)nn2)cc1. The monoisotopic (exact) mass is 455 g/mol. The van der Waals surface area contributed by atoms with Gasteiger partial charge in [0.15, 0.2) is 0 Å². The van der Waals surface area contributed by atoms with Gasteiger partial charge >= 0.3 is 0 Å². The van der Waals surface area contributed by atoms with Gasteiger partial charge in [-0.1, -0.05) is 23.4 Å². The van der Waals surface area contributed by atoms with Gasteiger partial charge in [0.05, 0.1) is 51.6 Å². The number of ether oxygens (including phenoxy) is 3. The van der Waals surface area contributed by atoms with E-state index in [1.54, 1.807) is 18.9 Å². The average molecular weight is 456 g/mol. The first-order valence-corrected chi connectivity index (χ1v) is 10.9. The predicted molar refractivity (Wildman–Crippen MR) is 128 cm³/mol. The average Bonchev–Trinajstić information content (AvgIpc) is 3.49. The lowest BCUT2D eigenvalue weighted by Crippen LogP contribution is -2.00. The van der Waals surface area contributed by atoms with Crippen molar-refractivity contribution in [2.24, 2.45) is 0 Å². The lowest BCUT2D eigenvalue weighted by Gasteiger charge is -2.07. The Hall–Kier alpha value is -4.17. The van der Waals surface area contributed by atoms with Gasteiger partial charge < -0.3 is 18.6 Å². The minimum absolute atomic E-state index is 0.352. The number of pyridine rings is 1. The molecule has 0 N–H and O–H groups in total. The van der Waals surface area contributed by atoms with Gasteiger partial charge in [-0.3, -0.25) is 0 Å². The molecule has 2 aromatic carbocycles. The van der Waals surface area contributed by atoms with E-state index in [9.17, 15) is 0 Å². The fourth-order valence-corrected chi connectivity index (χ4v) is 3.82. The highest BCUT2D eigenvalue weighted by atomic mass is 16.5. The van der Waals surface area contributed by atoms with Crippen LogP contribution in [0.25, 0.3) is 16.9 Å². The van der Waals surface area contributed by atoms with Gasteiger partial charge in [-0.25, -0.2) is 9.67 Å². The molecule has 8 heteroatoms. The minimum Gasteiger partial charge on any atom is -0.497 e. The van der Waals surface area contributed by atoms with E-state index in [0.717, 1.165) is 45.4 Å². The molecule has 3 aromatic heterocycles. The van der Waals surface area contributed by atoms with Crippen molar-refractivity contribution in [1.82, 2.24) is 24.4 Å². The second kappa shape index (κ2) is 9.76. The molecule has 0 aliphatic heterocycles. The molecule has 0 aliphatic carbocycles. The Kier molecular flexibility index (Phi) is 6.22. The number of benzene rings is 2. The van der Waals surface area contributed by atoms with Crippen LogP contribution in [0.2, 0.25) is 0 Å². The van der Waals surface area contributed by atoms with Crippen LogP contribution in [0.4, 0.5) is 0 Å². The molecule has 0 atom stereocenters. The summed E-state index contributed by atoms with van der Waals surface area (Å²) >= 11 is 0. The van der Waals surface area contributed by atoms with E-state index in [-0.39, 0.29) is 0 Å². The van der Waals surface area contributed by atoms with Crippen molar-refractivity contribution in [2.45, 2.75) is 19.8 Å². The molecule has 172 valence electrons. The third-order valence-corrected chi connectivity index (χ3v) is 5.57. The Morgan fingerprint density at radius 3 is 2.29 bits per heavy atom. The zero-order valence-corrected chi connectivity index (χ0v) is 19.1.